The zero-order valence-corrected chi connectivity index (χ0v) is 13.2. The van der Waals surface area contributed by atoms with Crippen molar-refractivity contribution in [2.75, 3.05) is 13.2 Å². The molecule has 21 heavy (non-hydrogen) atoms. The quantitative estimate of drug-likeness (QED) is 0.898. The summed E-state index contributed by atoms with van der Waals surface area (Å²) in [5.74, 6) is 1.79. The fourth-order valence-electron chi connectivity index (χ4n) is 2.50. The molecule has 3 nitrogen and oxygen atoms in total. The summed E-state index contributed by atoms with van der Waals surface area (Å²) < 4.78 is 12.6. The number of fused-ring (bicyclic) bond motifs is 1. The van der Waals surface area contributed by atoms with E-state index in [0.29, 0.717) is 13.0 Å². The molecule has 0 radical (unpaired) electrons. The van der Waals surface area contributed by atoms with Gasteiger partial charge >= 0.3 is 0 Å². The molecule has 0 aliphatic carbocycles. The van der Waals surface area contributed by atoms with Crippen LogP contribution in [0.4, 0.5) is 0 Å². The molecule has 0 fully saturated rings. The molecule has 1 heterocycles. The predicted octanol–water partition coefficient (Wildman–Crippen LogP) is 3.50. The van der Waals surface area contributed by atoms with E-state index >= 15 is 0 Å². The summed E-state index contributed by atoms with van der Waals surface area (Å²) in [5.41, 5.74) is 3.41. The molecule has 2 aromatic carbocycles. The summed E-state index contributed by atoms with van der Waals surface area (Å²) in [6.07, 6.45) is 1.63. The van der Waals surface area contributed by atoms with E-state index in [-0.39, 0.29) is 6.61 Å². The van der Waals surface area contributed by atoms with Gasteiger partial charge in [-0.05, 0) is 41.8 Å². The Labute approximate surface area is 132 Å². The van der Waals surface area contributed by atoms with E-state index < -0.39 is 0 Å². The highest BCUT2D eigenvalue weighted by molar-refractivity contribution is 9.10. The highest BCUT2D eigenvalue weighted by atomic mass is 79.9. The van der Waals surface area contributed by atoms with Crippen molar-refractivity contribution in [3.63, 3.8) is 0 Å². The molecule has 0 saturated heterocycles. The Morgan fingerprint density at radius 1 is 1.19 bits per heavy atom. The van der Waals surface area contributed by atoms with Gasteiger partial charge in [0.05, 0.1) is 6.61 Å². The monoisotopic (exact) mass is 348 g/mol. The summed E-state index contributed by atoms with van der Waals surface area (Å²) >= 11 is 3.53. The minimum atomic E-state index is 0.168. The van der Waals surface area contributed by atoms with Crippen LogP contribution in [0.5, 0.6) is 11.5 Å². The second-order valence-corrected chi connectivity index (χ2v) is 5.97. The molecule has 0 saturated carbocycles. The van der Waals surface area contributed by atoms with Gasteiger partial charge in [-0.1, -0.05) is 28.1 Å². The van der Waals surface area contributed by atoms with Crippen LogP contribution in [0.2, 0.25) is 0 Å². The van der Waals surface area contributed by atoms with Gasteiger partial charge in [-0.3, -0.25) is 0 Å². The Balaban J connectivity index is 1.70. The van der Waals surface area contributed by atoms with Gasteiger partial charge in [0.15, 0.2) is 0 Å². The molecule has 0 atom stereocenters. The van der Waals surface area contributed by atoms with E-state index in [4.69, 9.17) is 14.6 Å². The van der Waals surface area contributed by atoms with Gasteiger partial charge in [-0.15, -0.1) is 0 Å². The van der Waals surface area contributed by atoms with Crippen molar-refractivity contribution in [3.8, 4) is 11.5 Å². The van der Waals surface area contributed by atoms with Crippen LogP contribution >= 0.6 is 15.9 Å². The highest BCUT2D eigenvalue weighted by Crippen LogP contribution is 2.33. The Bertz CT molecular complexity index is 623. The van der Waals surface area contributed by atoms with Crippen molar-refractivity contribution in [2.45, 2.75) is 19.4 Å². The van der Waals surface area contributed by atoms with E-state index in [1.54, 1.807) is 0 Å². The third-order valence-electron chi connectivity index (χ3n) is 3.54. The molecular formula is C17H17BrO3. The normalized spacial score (nSPS) is 12.9. The third-order valence-corrected chi connectivity index (χ3v) is 4.00. The number of ether oxygens (including phenoxy) is 2. The van der Waals surface area contributed by atoms with Crippen molar-refractivity contribution in [3.05, 3.63) is 57.6 Å². The lowest BCUT2D eigenvalue weighted by molar-refractivity contribution is 0.291. The maximum atomic E-state index is 8.91. The predicted molar refractivity (Wildman–Crippen MR) is 84.9 cm³/mol. The van der Waals surface area contributed by atoms with Gasteiger partial charge in [-0.25, -0.2) is 0 Å². The first-order valence-electron chi connectivity index (χ1n) is 7.03. The zero-order chi connectivity index (χ0) is 14.7. The summed E-state index contributed by atoms with van der Waals surface area (Å²) in [6.45, 7) is 1.40. The molecule has 1 aliphatic heterocycles. The SMILES string of the molecule is OCCc1ccc(OCc2cc(Br)cc3c2OCC3)cc1. The van der Waals surface area contributed by atoms with Gasteiger partial charge in [-0.2, -0.15) is 0 Å². The van der Waals surface area contributed by atoms with Gasteiger partial charge in [0.25, 0.3) is 0 Å². The second kappa shape index (κ2) is 6.50. The van der Waals surface area contributed by atoms with Gasteiger partial charge in [0.2, 0.25) is 0 Å². The molecule has 0 spiro atoms. The summed E-state index contributed by atoms with van der Waals surface area (Å²) in [4.78, 5) is 0. The number of halogens is 1. The molecule has 0 bridgehead atoms. The zero-order valence-electron chi connectivity index (χ0n) is 11.6. The van der Waals surface area contributed by atoms with Crippen molar-refractivity contribution in [1.29, 1.82) is 0 Å². The molecule has 2 aromatic rings. The minimum Gasteiger partial charge on any atom is -0.493 e. The summed E-state index contributed by atoms with van der Waals surface area (Å²) in [5, 5.41) is 8.91. The molecular weight excluding hydrogens is 332 g/mol. The van der Waals surface area contributed by atoms with Crippen molar-refractivity contribution in [1.82, 2.24) is 0 Å². The van der Waals surface area contributed by atoms with E-state index in [9.17, 15) is 0 Å². The van der Waals surface area contributed by atoms with Gasteiger partial charge < -0.3 is 14.6 Å². The van der Waals surface area contributed by atoms with Gasteiger partial charge in [0.1, 0.15) is 18.1 Å². The fourth-order valence-corrected chi connectivity index (χ4v) is 3.05. The van der Waals surface area contributed by atoms with Crippen LogP contribution in [-0.2, 0) is 19.4 Å². The van der Waals surface area contributed by atoms with Crippen LogP contribution in [0.1, 0.15) is 16.7 Å². The topological polar surface area (TPSA) is 38.7 Å². The molecule has 0 amide bonds. The van der Waals surface area contributed by atoms with Crippen molar-refractivity contribution >= 4 is 15.9 Å². The molecule has 1 N–H and O–H groups in total. The van der Waals surface area contributed by atoms with E-state index in [1.165, 1.54) is 5.56 Å². The van der Waals surface area contributed by atoms with Crippen LogP contribution in [0.25, 0.3) is 0 Å². The molecule has 110 valence electrons. The molecule has 0 aromatic heterocycles. The van der Waals surface area contributed by atoms with Crippen molar-refractivity contribution < 1.29 is 14.6 Å². The number of rotatable bonds is 5. The fraction of sp³-hybridized carbons (Fsp3) is 0.294. The lowest BCUT2D eigenvalue weighted by atomic mass is 10.1. The largest absolute Gasteiger partial charge is 0.493 e. The Hall–Kier alpha value is -1.52. The first-order chi connectivity index (χ1) is 10.3. The Morgan fingerprint density at radius 2 is 2.00 bits per heavy atom. The maximum Gasteiger partial charge on any atom is 0.129 e. The van der Waals surface area contributed by atoms with Crippen LogP contribution in [0, 0.1) is 0 Å². The number of aliphatic hydroxyl groups excluding tert-OH is 1. The second-order valence-electron chi connectivity index (χ2n) is 5.06. The van der Waals surface area contributed by atoms with Crippen molar-refractivity contribution in [2.24, 2.45) is 0 Å². The lowest BCUT2D eigenvalue weighted by Crippen LogP contribution is -1.99. The average molecular weight is 349 g/mol. The summed E-state index contributed by atoms with van der Waals surface area (Å²) in [6, 6.07) is 12.0. The number of hydrogen-bond donors (Lipinski definition) is 1. The first-order valence-corrected chi connectivity index (χ1v) is 7.82. The summed E-state index contributed by atoms with van der Waals surface area (Å²) in [7, 11) is 0. The maximum absolute atomic E-state index is 8.91. The van der Waals surface area contributed by atoms with Crippen LogP contribution in [0.3, 0.4) is 0 Å². The van der Waals surface area contributed by atoms with Crippen LogP contribution in [0.15, 0.2) is 40.9 Å². The Morgan fingerprint density at radius 3 is 2.76 bits per heavy atom. The Kier molecular flexibility index (Phi) is 4.46. The van der Waals surface area contributed by atoms with Crippen LogP contribution < -0.4 is 9.47 Å². The van der Waals surface area contributed by atoms with E-state index in [1.807, 2.05) is 30.3 Å². The lowest BCUT2D eigenvalue weighted by Gasteiger charge is -2.11. The average Bonchev–Trinajstić information content (AvgIpc) is 2.94. The molecule has 1 aliphatic rings. The van der Waals surface area contributed by atoms with E-state index in [2.05, 4.69) is 22.0 Å². The van der Waals surface area contributed by atoms with Gasteiger partial charge in [0, 0.05) is 23.1 Å². The van der Waals surface area contributed by atoms with Crippen LogP contribution in [-0.4, -0.2) is 18.3 Å². The smallest absolute Gasteiger partial charge is 0.129 e. The van der Waals surface area contributed by atoms with E-state index in [0.717, 1.165) is 40.1 Å². The molecule has 4 heteroatoms. The molecule has 0 unspecified atom stereocenters. The molecule has 3 rings (SSSR count). The highest BCUT2D eigenvalue weighted by Gasteiger charge is 2.17. The number of aliphatic hydroxyl groups is 1. The standard InChI is InChI=1S/C17H17BrO3/c18-15-9-13-6-8-20-17(13)14(10-15)11-21-16-3-1-12(2-4-16)5-7-19/h1-4,9-10,19H,5-8,11H2. The number of benzene rings is 2. The number of hydrogen-bond acceptors (Lipinski definition) is 3. The minimum absolute atomic E-state index is 0.168. The third kappa shape index (κ3) is 3.39. The first kappa shape index (κ1) is 14.4.